The highest BCUT2D eigenvalue weighted by molar-refractivity contribution is 7.26. The highest BCUT2D eigenvalue weighted by Crippen LogP contribution is 2.54. The first-order valence-corrected chi connectivity index (χ1v) is 39.2. The first-order valence-electron chi connectivity index (χ1n) is 38.3. The van der Waals surface area contributed by atoms with Crippen LogP contribution in [0.5, 0.6) is 0 Å². The van der Waals surface area contributed by atoms with Crippen LogP contribution in [-0.2, 0) is 10.8 Å². The van der Waals surface area contributed by atoms with E-state index in [0.29, 0.717) is 17.5 Å². The summed E-state index contributed by atoms with van der Waals surface area (Å²) < 4.78 is 9.32. The molecule has 4 aromatic heterocycles. The number of aromatic nitrogens is 5. The Bertz CT molecular complexity index is 7070. The minimum absolute atomic E-state index is 0.0369. The summed E-state index contributed by atoms with van der Waals surface area (Å²) in [5.41, 5.74) is 29.7. The average Bonchev–Trinajstić information content (AvgIpc) is 1.56. The lowest BCUT2D eigenvalue weighted by atomic mass is 9.81. The minimum atomic E-state index is -0.0994. The molecule has 0 aliphatic heterocycles. The molecule has 0 unspecified atom stereocenters. The third kappa shape index (κ3) is 11.1. The van der Waals surface area contributed by atoms with E-state index in [9.17, 15) is 0 Å². The Morgan fingerprint density at radius 3 is 1.29 bits per heavy atom. The summed E-state index contributed by atoms with van der Waals surface area (Å²) >= 11 is 1.85. The smallest absolute Gasteiger partial charge is 0.164 e. The van der Waals surface area contributed by atoms with Crippen molar-refractivity contribution in [3.8, 4) is 135 Å². The van der Waals surface area contributed by atoms with E-state index in [1.807, 2.05) is 90.2 Å². The predicted octanol–water partition coefficient (Wildman–Crippen LogP) is 28.2. The van der Waals surface area contributed by atoms with Gasteiger partial charge in [0, 0.05) is 80.7 Å². The Balaban J connectivity index is 0.000000141. The zero-order chi connectivity index (χ0) is 74.8. The van der Waals surface area contributed by atoms with Gasteiger partial charge >= 0.3 is 0 Å². The van der Waals surface area contributed by atoms with Gasteiger partial charge in [-0.1, -0.05) is 325 Å². The molecule has 6 nitrogen and oxygen atoms in total. The molecule has 2 aliphatic rings. The summed E-state index contributed by atoms with van der Waals surface area (Å²) in [6, 6.07) is 128. The van der Waals surface area contributed by atoms with Gasteiger partial charge in [-0.05, 0) is 166 Å². The van der Waals surface area contributed by atoms with Crippen LogP contribution in [0.4, 0.5) is 0 Å². The number of rotatable bonds is 10. The summed E-state index contributed by atoms with van der Waals surface area (Å²) in [6.45, 7) is 9.36. The molecular formula is C105H71N5OS. The molecule has 0 N–H and O–H groups in total. The molecule has 4 heterocycles. The highest BCUT2D eigenvalue weighted by atomic mass is 32.1. The average molecular weight is 1450 g/mol. The van der Waals surface area contributed by atoms with Crippen molar-refractivity contribution in [2.45, 2.75) is 38.5 Å². The van der Waals surface area contributed by atoms with Crippen LogP contribution in [0.2, 0.25) is 0 Å². The van der Waals surface area contributed by atoms with Gasteiger partial charge in [0.25, 0.3) is 0 Å². The molecule has 112 heavy (non-hydrogen) atoms. The molecule has 0 atom stereocenters. The summed E-state index contributed by atoms with van der Waals surface area (Å²) in [5.74, 6) is 2.65. The van der Waals surface area contributed by atoms with E-state index >= 15 is 0 Å². The molecular weight excluding hydrogens is 1380 g/mol. The SMILES string of the molecule is CC1(C)c2ccccc2-c2ccc(-c3ccc(-c4ccc(-c5nc(-c6ccccc6)nc(-c6ccccc6)n5)c5ccccc45)c4c3oc3ccccc34)cc21.CC1(C)c2ccccc2-c2ccc(-c3ccc4ccc(-c5ccc(-c6nc(-c7ccccc7)cc(-c7ccccc7)n6)c6c5sc5ccccc56)cc4c3)cc21. The molecule has 2 aliphatic carbocycles. The maximum Gasteiger partial charge on any atom is 0.164 e. The first kappa shape index (κ1) is 66.4. The second kappa shape index (κ2) is 26.5. The van der Waals surface area contributed by atoms with E-state index in [1.165, 1.54) is 97.7 Å². The number of nitrogens with zero attached hydrogens (tertiary/aromatic N) is 5. The molecule has 22 rings (SSSR count). The van der Waals surface area contributed by atoms with E-state index in [-0.39, 0.29) is 10.8 Å². The molecule has 0 saturated heterocycles. The van der Waals surface area contributed by atoms with Crippen molar-refractivity contribution in [3.63, 3.8) is 0 Å². The molecule has 0 amide bonds. The highest BCUT2D eigenvalue weighted by Gasteiger charge is 2.37. The second-order valence-corrected chi connectivity index (χ2v) is 31.6. The molecule has 0 fully saturated rings. The largest absolute Gasteiger partial charge is 0.455 e. The number of fused-ring (bicyclic) bond motifs is 14. The maximum absolute atomic E-state index is 6.82. The van der Waals surface area contributed by atoms with Crippen molar-refractivity contribution in [2.24, 2.45) is 0 Å². The van der Waals surface area contributed by atoms with Crippen LogP contribution in [0.15, 0.2) is 362 Å². The van der Waals surface area contributed by atoms with Crippen molar-refractivity contribution in [3.05, 3.63) is 380 Å². The van der Waals surface area contributed by atoms with Crippen LogP contribution in [0.1, 0.15) is 49.9 Å². The lowest BCUT2D eigenvalue weighted by Gasteiger charge is -2.22. The van der Waals surface area contributed by atoms with E-state index in [2.05, 4.69) is 307 Å². The number of thiophene rings is 1. The van der Waals surface area contributed by atoms with Gasteiger partial charge in [-0.2, -0.15) is 0 Å². The number of benzene rings is 16. The molecule has 16 aromatic carbocycles. The third-order valence-corrected chi connectivity index (χ3v) is 24.5. The van der Waals surface area contributed by atoms with Gasteiger partial charge in [0.15, 0.2) is 23.3 Å². The van der Waals surface area contributed by atoms with Gasteiger partial charge in [-0.3, -0.25) is 0 Å². The fourth-order valence-corrected chi connectivity index (χ4v) is 18.9. The van der Waals surface area contributed by atoms with Gasteiger partial charge in [-0.25, -0.2) is 24.9 Å². The van der Waals surface area contributed by atoms with Crippen molar-refractivity contribution >= 4 is 75.0 Å². The standard InChI is InChI=1S/C53H36N2S.C52H35N3O/c1-53(2)45-19-11-9-17-41(45)42-26-25-37(31-46(42)53)36-23-21-33-22-24-38(30-39(33)29-36)40-27-28-44(50-43-18-10-12-20-49(43)56-51(40)50)52-54-47(34-13-5-3-6-14-34)32-48(55-52)35-15-7-4-8-16-35;1-52(2)44-23-13-11-21-39(44)40-26-25-34(31-45(40)52)35-27-29-41(47-43-22-12-14-24-46(43)56-48(35)47)38-28-30-42(37-20-10-9-19-36(37)38)51-54-49(32-15-5-3-6-16-32)53-50(55-51)33-17-7-4-8-18-33/h3-32H,1-2H3;3-31H,1-2H3. The third-order valence-electron chi connectivity index (χ3n) is 23.3. The van der Waals surface area contributed by atoms with Crippen molar-refractivity contribution in [1.82, 2.24) is 24.9 Å². The summed E-state index contributed by atoms with van der Waals surface area (Å²) in [6.07, 6.45) is 0. The van der Waals surface area contributed by atoms with Crippen molar-refractivity contribution in [2.75, 3.05) is 0 Å². The summed E-state index contributed by atoms with van der Waals surface area (Å²) in [5, 5.41) is 9.27. The van der Waals surface area contributed by atoms with Gasteiger partial charge < -0.3 is 4.42 Å². The fourth-order valence-electron chi connectivity index (χ4n) is 17.6. The molecule has 0 bridgehead atoms. The van der Waals surface area contributed by atoms with Crippen LogP contribution in [0.3, 0.4) is 0 Å². The first-order chi connectivity index (χ1) is 55.0. The zero-order valence-electron chi connectivity index (χ0n) is 62.1. The Labute approximate surface area is 653 Å². The van der Waals surface area contributed by atoms with Crippen molar-refractivity contribution < 1.29 is 4.42 Å². The van der Waals surface area contributed by atoms with E-state index < -0.39 is 0 Å². The fraction of sp³-hybridized carbons (Fsp3) is 0.0571. The normalized spacial score (nSPS) is 13.0. The topological polar surface area (TPSA) is 77.6 Å². The van der Waals surface area contributed by atoms with Crippen molar-refractivity contribution in [1.29, 1.82) is 0 Å². The second-order valence-electron chi connectivity index (χ2n) is 30.5. The lowest BCUT2D eigenvalue weighted by molar-refractivity contribution is 0.660. The monoisotopic (exact) mass is 1450 g/mol. The van der Waals surface area contributed by atoms with Crippen LogP contribution < -0.4 is 0 Å². The summed E-state index contributed by atoms with van der Waals surface area (Å²) in [4.78, 5) is 25.6. The van der Waals surface area contributed by atoms with Gasteiger partial charge in [0.1, 0.15) is 11.2 Å². The molecule has 0 spiro atoms. The van der Waals surface area contributed by atoms with Gasteiger partial charge in [0.05, 0.1) is 11.4 Å². The molecule has 528 valence electrons. The number of para-hydroxylation sites is 1. The van der Waals surface area contributed by atoms with Gasteiger partial charge in [-0.15, -0.1) is 11.3 Å². The van der Waals surface area contributed by atoms with Crippen LogP contribution in [-0.4, -0.2) is 24.9 Å². The van der Waals surface area contributed by atoms with Crippen LogP contribution in [0.25, 0.3) is 198 Å². The number of furan rings is 1. The van der Waals surface area contributed by atoms with E-state index in [1.54, 1.807) is 0 Å². The van der Waals surface area contributed by atoms with E-state index in [0.717, 1.165) is 106 Å². The number of hydrogen-bond acceptors (Lipinski definition) is 7. The lowest BCUT2D eigenvalue weighted by Crippen LogP contribution is -2.14. The Kier molecular flexibility index (Phi) is 15.7. The van der Waals surface area contributed by atoms with Crippen LogP contribution in [0, 0.1) is 0 Å². The molecule has 7 heteroatoms. The Morgan fingerprint density at radius 2 is 0.652 bits per heavy atom. The Hall–Kier alpha value is -13.9. The maximum atomic E-state index is 6.82. The quantitative estimate of drug-likeness (QED) is 0.136. The molecule has 0 radical (unpaired) electrons. The minimum Gasteiger partial charge on any atom is -0.455 e. The van der Waals surface area contributed by atoms with Crippen LogP contribution >= 0.6 is 11.3 Å². The zero-order valence-corrected chi connectivity index (χ0v) is 62.9. The van der Waals surface area contributed by atoms with Gasteiger partial charge in [0.2, 0.25) is 0 Å². The molecule has 0 saturated carbocycles. The summed E-state index contributed by atoms with van der Waals surface area (Å²) in [7, 11) is 0. The molecule has 20 aromatic rings. The van der Waals surface area contributed by atoms with E-state index in [4.69, 9.17) is 29.3 Å². The predicted molar refractivity (Wildman–Crippen MR) is 467 cm³/mol. The number of hydrogen-bond donors (Lipinski definition) is 0. The Morgan fingerprint density at radius 1 is 0.241 bits per heavy atom.